The van der Waals surface area contributed by atoms with E-state index in [9.17, 15) is 0 Å². The predicted molar refractivity (Wildman–Crippen MR) is 120 cm³/mol. The molecule has 0 aliphatic heterocycles. The predicted octanol–water partition coefficient (Wildman–Crippen LogP) is 3.46. The van der Waals surface area contributed by atoms with Gasteiger partial charge in [0.2, 0.25) is 0 Å². The summed E-state index contributed by atoms with van der Waals surface area (Å²) < 4.78 is 16.1. The Bertz CT molecular complexity index is 693. The van der Waals surface area contributed by atoms with Crippen LogP contribution in [0.3, 0.4) is 0 Å². The number of ether oxygens (including phenoxy) is 3. The van der Waals surface area contributed by atoms with Crippen LogP contribution in [-0.2, 0) is 6.54 Å². The number of benzene rings is 2. The largest absolute Gasteiger partial charge is 0.497 e. The fourth-order valence-electron chi connectivity index (χ4n) is 2.31. The molecular formula is C20H28IN3O3. The van der Waals surface area contributed by atoms with Gasteiger partial charge in [-0.15, -0.1) is 24.0 Å². The van der Waals surface area contributed by atoms with Gasteiger partial charge in [-0.2, -0.15) is 0 Å². The summed E-state index contributed by atoms with van der Waals surface area (Å²) in [5.74, 6) is 3.23. The third-order valence-electron chi connectivity index (χ3n) is 3.77. The summed E-state index contributed by atoms with van der Waals surface area (Å²) in [6.07, 6.45) is 0.862. The molecule has 0 unspecified atom stereocenters. The van der Waals surface area contributed by atoms with Crippen LogP contribution in [0.4, 0.5) is 0 Å². The summed E-state index contributed by atoms with van der Waals surface area (Å²) in [4.78, 5) is 4.23. The van der Waals surface area contributed by atoms with Gasteiger partial charge in [0.1, 0.15) is 17.2 Å². The highest BCUT2D eigenvalue weighted by Gasteiger charge is 2.00. The topological polar surface area (TPSA) is 64.1 Å². The number of guanidine groups is 1. The Morgan fingerprint density at radius 2 is 1.63 bits per heavy atom. The van der Waals surface area contributed by atoms with Crippen molar-refractivity contribution in [1.29, 1.82) is 0 Å². The lowest BCUT2D eigenvalue weighted by atomic mass is 10.2. The Labute approximate surface area is 178 Å². The molecule has 2 N–H and O–H groups in total. The molecule has 6 nitrogen and oxygen atoms in total. The zero-order valence-corrected chi connectivity index (χ0v) is 18.4. The van der Waals surface area contributed by atoms with Gasteiger partial charge < -0.3 is 24.8 Å². The van der Waals surface area contributed by atoms with E-state index in [-0.39, 0.29) is 24.0 Å². The van der Waals surface area contributed by atoms with Gasteiger partial charge in [0, 0.05) is 26.2 Å². The lowest BCUT2D eigenvalue weighted by molar-refractivity contribution is 0.308. The molecule has 0 radical (unpaired) electrons. The molecule has 0 heterocycles. The number of hydrogen-bond donors (Lipinski definition) is 2. The fraction of sp³-hybridized carbons (Fsp3) is 0.350. The van der Waals surface area contributed by atoms with Crippen LogP contribution in [-0.4, -0.2) is 40.4 Å². The Balaban J connectivity index is 0.00000364. The van der Waals surface area contributed by atoms with E-state index < -0.39 is 0 Å². The minimum absolute atomic E-state index is 0. The van der Waals surface area contributed by atoms with Crippen LogP contribution < -0.4 is 24.8 Å². The van der Waals surface area contributed by atoms with Crippen molar-refractivity contribution in [2.75, 3.05) is 34.4 Å². The number of rotatable bonds is 9. The van der Waals surface area contributed by atoms with Crippen LogP contribution in [0.25, 0.3) is 0 Å². The van der Waals surface area contributed by atoms with Crippen molar-refractivity contribution in [1.82, 2.24) is 10.6 Å². The van der Waals surface area contributed by atoms with E-state index in [0.717, 1.165) is 41.7 Å². The first-order valence-electron chi connectivity index (χ1n) is 8.59. The van der Waals surface area contributed by atoms with E-state index in [0.29, 0.717) is 13.2 Å². The van der Waals surface area contributed by atoms with Gasteiger partial charge in [0.05, 0.1) is 20.8 Å². The molecule has 0 saturated heterocycles. The lowest BCUT2D eigenvalue weighted by Gasteiger charge is -2.13. The third-order valence-corrected chi connectivity index (χ3v) is 3.77. The van der Waals surface area contributed by atoms with Crippen LogP contribution in [0.2, 0.25) is 0 Å². The van der Waals surface area contributed by atoms with Gasteiger partial charge in [-0.1, -0.05) is 18.2 Å². The van der Waals surface area contributed by atoms with Gasteiger partial charge in [0.15, 0.2) is 5.96 Å². The van der Waals surface area contributed by atoms with Gasteiger partial charge in [-0.05, 0) is 36.2 Å². The van der Waals surface area contributed by atoms with E-state index >= 15 is 0 Å². The second kappa shape index (κ2) is 13.1. The highest BCUT2D eigenvalue weighted by molar-refractivity contribution is 14.0. The average Bonchev–Trinajstić information content (AvgIpc) is 2.70. The second-order valence-corrected chi connectivity index (χ2v) is 5.58. The minimum Gasteiger partial charge on any atom is -0.497 e. The van der Waals surface area contributed by atoms with E-state index in [4.69, 9.17) is 14.2 Å². The van der Waals surface area contributed by atoms with E-state index in [1.165, 1.54) is 0 Å². The van der Waals surface area contributed by atoms with Crippen molar-refractivity contribution in [3.63, 3.8) is 0 Å². The van der Waals surface area contributed by atoms with Crippen LogP contribution in [0.15, 0.2) is 53.5 Å². The molecular weight excluding hydrogens is 457 g/mol. The zero-order chi connectivity index (χ0) is 18.6. The molecule has 2 aromatic rings. The normalized spacial score (nSPS) is 10.6. The Morgan fingerprint density at radius 3 is 2.30 bits per heavy atom. The maximum absolute atomic E-state index is 5.72. The first-order chi connectivity index (χ1) is 12.7. The van der Waals surface area contributed by atoms with E-state index in [1.54, 1.807) is 21.3 Å². The van der Waals surface area contributed by atoms with Crippen molar-refractivity contribution < 1.29 is 14.2 Å². The summed E-state index contributed by atoms with van der Waals surface area (Å²) in [5, 5.41) is 6.57. The lowest BCUT2D eigenvalue weighted by Crippen LogP contribution is -2.37. The Hall–Kier alpha value is -2.16. The number of methoxy groups -OCH3 is 2. The van der Waals surface area contributed by atoms with Crippen molar-refractivity contribution in [3.8, 4) is 17.2 Å². The SMILES string of the molecule is CN=C(NCCCOc1cccc(OC)c1)NCc1ccc(OC)cc1.I. The number of hydrogen-bond acceptors (Lipinski definition) is 4. The van der Waals surface area contributed by atoms with Crippen LogP contribution in [0, 0.1) is 0 Å². The van der Waals surface area contributed by atoms with Crippen LogP contribution in [0.5, 0.6) is 17.2 Å². The molecule has 0 aliphatic rings. The van der Waals surface area contributed by atoms with E-state index in [1.807, 2.05) is 48.5 Å². The van der Waals surface area contributed by atoms with Crippen molar-refractivity contribution in [2.24, 2.45) is 4.99 Å². The number of aliphatic imine (C=N–C) groups is 1. The van der Waals surface area contributed by atoms with Crippen molar-refractivity contribution >= 4 is 29.9 Å². The first kappa shape index (κ1) is 22.9. The first-order valence-corrected chi connectivity index (χ1v) is 8.59. The number of nitrogens with one attached hydrogen (secondary N) is 2. The Morgan fingerprint density at radius 1 is 0.926 bits per heavy atom. The fourth-order valence-corrected chi connectivity index (χ4v) is 2.31. The quantitative estimate of drug-likeness (QED) is 0.247. The molecule has 0 saturated carbocycles. The monoisotopic (exact) mass is 485 g/mol. The summed E-state index contributed by atoms with van der Waals surface area (Å²) in [6.45, 7) is 2.09. The van der Waals surface area contributed by atoms with Crippen LogP contribution >= 0.6 is 24.0 Å². The number of nitrogens with zero attached hydrogens (tertiary/aromatic N) is 1. The minimum atomic E-state index is 0. The summed E-state index contributed by atoms with van der Waals surface area (Å²) >= 11 is 0. The molecule has 7 heteroatoms. The second-order valence-electron chi connectivity index (χ2n) is 5.58. The van der Waals surface area contributed by atoms with Gasteiger partial charge in [-0.25, -0.2) is 0 Å². The molecule has 27 heavy (non-hydrogen) atoms. The number of halogens is 1. The summed E-state index contributed by atoms with van der Waals surface area (Å²) in [5.41, 5.74) is 1.16. The molecule has 2 rings (SSSR count). The maximum atomic E-state index is 5.72. The standard InChI is InChI=1S/C20H27N3O3.HI/c1-21-20(23-15-16-8-10-17(24-2)11-9-16)22-12-5-13-26-19-7-4-6-18(14-19)25-3;/h4,6-11,14H,5,12-13,15H2,1-3H3,(H2,21,22,23);1H. The highest BCUT2D eigenvalue weighted by Crippen LogP contribution is 2.18. The van der Waals surface area contributed by atoms with Crippen LogP contribution in [0.1, 0.15) is 12.0 Å². The van der Waals surface area contributed by atoms with Gasteiger partial charge in [-0.3, -0.25) is 4.99 Å². The van der Waals surface area contributed by atoms with Crippen molar-refractivity contribution in [2.45, 2.75) is 13.0 Å². The molecule has 0 aliphatic carbocycles. The van der Waals surface area contributed by atoms with Crippen molar-refractivity contribution in [3.05, 3.63) is 54.1 Å². The summed E-state index contributed by atoms with van der Waals surface area (Å²) in [6, 6.07) is 15.6. The molecule has 0 spiro atoms. The smallest absolute Gasteiger partial charge is 0.191 e. The third kappa shape index (κ3) is 8.38. The highest BCUT2D eigenvalue weighted by atomic mass is 127. The molecule has 0 atom stereocenters. The average molecular weight is 485 g/mol. The van der Waals surface area contributed by atoms with E-state index in [2.05, 4.69) is 15.6 Å². The molecule has 0 amide bonds. The maximum Gasteiger partial charge on any atom is 0.191 e. The molecule has 0 fully saturated rings. The molecule has 0 aromatic heterocycles. The molecule has 148 valence electrons. The Kier molecular flexibility index (Phi) is 11.1. The van der Waals surface area contributed by atoms with Gasteiger partial charge in [0.25, 0.3) is 0 Å². The van der Waals surface area contributed by atoms with Gasteiger partial charge >= 0.3 is 0 Å². The summed E-state index contributed by atoms with van der Waals surface area (Å²) in [7, 11) is 5.07. The molecule has 0 bridgehead atoms. The molecule has 2 aromatic carbocycles. The zero-order valence-electron chi connectivity index (χ0n) is 16.0.